The van der Waals surface area contributed by atoms with Crippen molar-refractivity contribution in [3.63, 3.8) is 0 Å². The van der Waals surface area contributed by atoms with Crippen LogP contribution in [0.1, 0.15) is 56.0 Å². The molecule has 2 aromatic rings. The number of unbranched alkanes of at least 4 members (excludes halogenated alkanes) is 1. The second kappa shape index (κ2) is 13.9. The molecule has 2 atom stereocenters. The molecule has 0 aromatic heterocycles. The summed E-state index contributed by atoms with van der Waals surface area (Å²) in [5, 5.41) is 15.6. The number of aromatic carboxylic acids is 1. The number of Topliss-reactive ketones (excluding diaryl/α,β-unsaturated/α-hetero) is 1. The summed E-state index contributed by atoms with van der Waals surface area (Å²) in [6.07, 6.45) is 2.59. The van der Waals surface area contributed by atoms with Crippen molar-refractivity contribution >= 4 is 30.3 Å². The first kappa shape index (κ1) is 27.6. The standard InChI is InChI=1S/C27H36N2O4S/c1-4-5-10-24(25(30)16-29-26(31)23(17-34)18(2)3)28-15-19-11-13-20(14-12-19)21-8-6-7-9-22(21)27(32)33/h6-9,11-14,18,23-24,28,34H,4-5,10,15-17H2,1-3H3,(H,29,31)(H,32,33). The highest BCUT2D eigenvalue weighted by molar-refractivity contribution is 7.80. The van der Waals surface area contributed by atoms with Gasteiger partial charge in [0.05, 0.1) is 18.2 Å². The lowest BCUT2D eigenvalue weighted by atomic mass is 9.97. The van der Waals surface area contributed by atoms with Crippen molar-refractivity contribution in [3.8, 4) is 11.1 Å². The van der Waals surface area contributed by atoms with Crippen molar-refractivity contribution in [2.75, 3.05) is 12.3 Å². The number of ketones is 1. The van der Waals surface area contributed by atoms with Crippen molar-refractivity contribution in [3.05, 3.63) is 59.7 Å². The van der Waals surface area contributed by atoms with Gasteiger partial charge in [0.2, 0.25) is 5.91 Å². The maximum atomic E-state index is 12.8. The van der Waals surface area contributed by atoms with Crippen molar-refractivity contribution < 1.29 is 19.5 Å². The molecule has 0 spiro atoms. The maximum Gasteiger partial charge on any atom is 0.336 e. The van der Waals surface area contributed by atoms with E-state index in [0.717, 1.165) is 24.0 Å². The third-order valence-electron chi connectivity index (χ3n) is 5.99. The van der Waals surface area contributed by atoms with Gasteiger partial charge in [0.25, 0.3) is 0 Å². The SMILES string of the molecule is CCCCC(NCc1ccc(-c2ccccc2C(=O)O)cc1)C(=O)CNC(=O)C(CS)C(C)C. The summed E-state index contributed by atoms with van der Waals surface area (Å²) in [6.45, 7) is 6.53. The first-order chi connectivity index (χ1) is 16.3. The zero-order valence-corrected chi connectivity index (χ0v) is 21.1. The van der Waals surface area contributed by atoms with E-state index in [4.69, 9.17) is 0 Å². The quantitative estimate of drug-likeness (QED) is 0.294. The van der Waals surface area contributed by atoms with E-state index >= 15 is 0 Å². The van der Waals surface area contributed by atoms with Gasteiger partial charge in [-0.25, -0.2) is 4.79 Å². The van der Waals surface area contributed by atoms with Crippen molar-refractivity contribution in [2.45, 2.75) is 52.6 Å². The second-order valence-electron chi connectivity index (χ2n) is 8.84. The van der Waals surface area contributed by atoms with Crippen LogP contribution in [-0.2, 0) is 16.1 Å². The Morgan fingerprint density at radius 2 is 1.71 bits per heavy atom. The Bertz CT molecular complexity index is 959. The van der Waals surface area contributed by atoms with E-state index in [1.165, 1.54) is 0 Å². The third-order valence-corrected chi connectivity index (χ3v) is 6.38. The summed E-state index contributed by atoms with van der Waals surface area (Å²) >= 11 is 4.26. The fraction of sp³-hybridized carbons (Fsp3) is 0.444. The molecule has 0 aliphatic heterocycles. The highest BCUT2D eigenvalue weighted by Crippen LogP contribution is 2.24. The van der Waals surface area contributed by atoms with Crippen molar-refractivity contribution in [1.29, 1.82) is 0 Å². The largest absolute Gasteiger partial charge is 0.478 e. The summed E-state index contributed by atoms with van der Waals surface area (Å²) in [7, 11) is 0. The highest BCUT2D eigenvalue weighted by atomic mass is 32.1. The van der Waals surface area contributed by atoms with Gasteiger partial charge >= 0.3 is 5.97 Å². The minimum Gasteiger partial charge on any atom is -0.478 e. The number of nitrogens with one attached hydrogen (secondary N) is 2. The fourth-order valence-corrected chi connectivity index (χ4v) is 4.36. The molecule has 0 radical (unpaired) electrons. The van der Waals surface area contributed by atoms with E-state index in [0.29, 0.717) is 24.3 Å². The van der Waals surface area contributed by atoms with Crippen LogP contribution in [0.25, 0.3) is 11.1 Å². The molecule has 34 heavy (non-hydrogen) atoms. The lowest BCUT2D eigenvalue weighted by Gasteiger charge is -2.21. The zero-order valence-electron chi connectivity index (χ0n) is 20.2. The molecular formula is C27H36N2O4S. The molecule has 3 N–H and O–H groups in total. The van der Waals surface area contributed by atoms with Crippen LogP contribution in [0.5, 0.6) is 0 Å². The van der Waals surface area contributed by atoms with Crippen LogP contribution in [0.4, 0.5) is 0 Å². The predicted molar refractivity (Wildman–Crippen MR) is 139 cm³/mol. The number of carbonyl (C=O) groups excluding carboxylic acids is 2. The molecule has 2 aromatic carbocycles. The Hall–Kier alpha value is -2.64. The highest BCUT2D eigenvalue weighted by Gasteiger charge is 2.23. The molecule has 1 amide bonds. The van der Waals surface area contributed by atoms with Crippen LogP contribution in [0, 0.1) is 11.8 Å². The number of benzene rings is 2. The van der Waals surface area contributed by atoms with Gasteiger partial charge in [0.15, 0.2) is 5.78 Å². The van der Waals surface area contributed by atoms with E-state index in [1.54, 1.807) is 18.2 Å². The van der Waals surface area contributed by atoms with E-state index < -0.39 is 5.97 Å². The molecule has 2 rings (SSSR count). The van der Waals surface area contributed by atoms with E-state index in [2.05, 4.69) is 30.2 Å². The van der Waals surface area contributed by atoms with Gasteiger partial charge in [-0.15, -0.1) is 0 Å². The van der Waals surface area contributed by atoms with Gasteiger partial charge in [-0.05, 0) is 35.1 Å². The number of thiol groups is 1. The topological polar surface area (TPSA) is 95.5 Å². The molecule has 0 saturated heterocycles. The Balaban J connectivity index is 2.01. The van der Waals surface area contributed by atoms with Gasteiger partial charge in [0, 0.05) is 18.2 Å². The molecule has 2 unspecified atom stereocenters. The number of hydrogen-bond donors (Lipinski definition) is 4. The number of carbonyl (C=O) groups is 3. The van der Waals surface area contributed by atoms with E-state index in [-0.39, 0.29) is 41.7 Å². The molecule has 0 bridgehead atoms. The summed E-state index contributed by atoms with van der Waals surface area (Å²) in [5.74, 6) is -0.739. The minimum absolute atomic E-state index is 0.00211. The number of hydrogen-bond acceptors (Lipinski definition) is 5. The van der Waals surface area contributed by atoms with Crippen LogP contribution >= 0.6 is 12.6 Å². The monoisotopic (exact) mass is 484 g/mol. The Morgan fingerprint density at radius 1 is 1.03 bits per heavy atom. The Labute approximate surface area is 207 Å². The van der Waals surface area contributed by atoms with Crippen LogP contribution in [0.2, 0.25) is 0 Å². The first-order valence-corrected chi connectivity index (χ1v) is 12.5. The molecule has 184 valence electrons. The van der Waals surface area contributed by atoms with Crippen LogP contribution in [0.15, 0.2) is 48.5 Å². The summed E-state index contributed by atoms with van der Waals surface area (Å²) in [5.41, 5.74) is 2.75. The molecule has 0 aliphatic rings. The fourth-order valence-electron chi connectivity index (χ4n) is 3.77. The van der Waals surface area contributed by atoms with Gasteiger partial charge in [-0.2, -0.15) is 12.6 Å². The Morgan fingerprint density at radius 3 is 2.29 bits per heavy atom. The van der Waals surface area contributed by atoms with Gasteiger partial charge in [0.1, 0.15) is 0 Å². The normalized spacial score (nSPS) is 12.9. The number of carboxylic acids is 1. The summed E-state index contributed by atoms with van der Waals surface area (Å²) in [6, 6.07) is 14.2. The average molecular weight is 485 g/mol. The number of carboxylic acid groups (broad SMARTS) is 1. The molecular weight excluding hydrogens is 448 g/mol. The van der Waals surface area contributed by atoms with Crippen LogP contribution in [0.3, 0.4) is 0 Å². The van der Waals surface area contributed by atoms with Gasteiger partial charge in [-0.3, -0.25) is 9.59 Å². The van der Waals surface area contributed by atoms with Crippen molar-refractivity contribution in [2.24, 2.45) is 11.8 Å². The molecule has 0 heterocycles. The van der Waals surface area contributed by atoms with Crippen molar-refractivity contribution in [1.82, 2.24) is 10.6 Å². The van der Waals surface area contributed by atoms with Gasteiger partial charge < -0.3 is 15.7 Å². The molecule has 0 aliphatic carbocycles. The number of rotatable bonds is 14. The lowest BCUT2D eigenvalue weighted by Crippen LogP contribution is -2.44. The average Bonchev–Trinajstić information content (AvgIpc) is 2.83. The van der Waals surface area contributed by atoms with E-state index in [1.807, 2.05) is 44.2 Å². The minimum atomic E-state index is -0.959. The Kier molecular flexibility index (Phi) is 11.3. The predicted octanol–water partition coefficient (Wildman–Crippen LogP) is 4.59. The molecule has 7 heteroatoms. The summed E-state index contributed by atoms with van der Waals surface area (Å²) in [4.78, 5) is 36.7. The molecule has 0 saturated carbocycles. The summed E-state index contributed by atoms with van der Waals surface area (Å²) < 4.78 is 0. The van der Waals surface area contributed by atoms with Crippen LogP contribution < -0.4 is 10.6 Å². The van der Waals surface area contributed by atoms with Gasteiger partial charge in [-0.1, -0.05) is 76.1 Å². The second-order valence-corrected chi connectivity index (χ2v) is 9.21. The smallest absolute Gasteiger partial charge is 0.336 e. The number of amides is 1. The molecule has 0 fully saturated rings. The third kappa shape index (κ3) is 7.99. The van der Waals surface area contributed by atoms with E-state index in [9.17, 15) is 19.5 Å². The van der Waals surface area contributed by atoms with Crippen LogP contribution in [-0.4, -0.2) is 41.1 Å². The maximum absolute atomic E-state index is 12.8. The first-order valence-electron chi connectivity index (χ1n) is 11.8. The lowest BCUT2D eigenvalue weighted by molar-refractivity contribution is -0.129. The zero-order chi connectivity index (χ0) is 25.1. The molecule has 6 nitrogen and oxygen atoms in total.